The smallest absolute Gasteiger partial charge is 0.0951 e. The number of hydrogen-bond acceptors (Lipinski definition) is 3. The molecule has 1 unspecified atom stereocenters. The highest BCUT2D eigenvalue weighted by Gasteiger charge is 2.21. The summed E-state index contributed by atoms with van der Waals surface area (Å²) in [7, 11) is 0. The molecule has 0 radical (unpaired) electrons. The zero-order valence-electron chi connectivity index (χ0n) is 13.5. The first-order chi connectivity index (χ1) is 9.56. The van der Waals surface area contributed by atoms with Crippen LogP contribution in [-0.2, 0) is 6.54 Å². The van der Waals surface area contributed by atoms with Crippen LogP contribution >= 0.6 is 0 Å². The molecular weight excluding hydrogens is 248 g/mol. The van der Waals surface area contributed by atoms with Crippen LogP contribution in [0.2, 0.25) is 0 Å². The molecule has 1 aliphatic heterocycles. The molecule has 0 amide bonds. The summed E-state index contributed by atoms with van der Waals surface area (Å²) in [5, 5.41) is 3.58. The van der Waals surface area contributed by atoms with Crippen LogP contribution in [0.3, 0.4) is 0 Å². The second-order valence-corrected chi connectivity index (χ2v) is 6.69. The molecule has 114 valence electrons. The van der Waals surface area contributed by atoms with Crippen molar-refractivity contribution in [3.63, 3.8) is 0 Å². The summed E-state index contributed by atoms with van der Waals surface area (Å²) in [5.41, 5.74) is 1.34. The minimum absolute atomic E-state index is 0.496. The van der Waals surface area contributed by atoms with Crippen LogP contribution < -0.4 is 5.32 Å². The molecule has 1 fully saturated rings. The highest BCUT2D eigenvalue weighted by atomic mass is 15.2. The molecule has 4 heteroatoms. The van der Waals surface area contributed by atoms with Crippen molar-refractivity contribution in [2.24, 2.45) is 5.92 Å². The van der Waals surface area contributed by atoms with E-state index in [9.17, 15) is 0 Å². The lowest BCUT2D eigenvalue weighted by Crippen LogP contribution is -2.40. The Balaban J connectivity index is 1.87. The summed E-state index contributed by atoms with van der Waals surface area (Å²) in [6.07, 6.45) is 6.66. The van der Waals surface area contributed by atoms with Crippen molar-refractivity contribution in [3.8, 4) is 0 Å². The molecule has 0 aliphatic carbocycles. The fraction of sp³-hybridized carbons (Fsp3) is 0.812. The number of hydrogen-bond donors (Lipinski definition) is 1. The first kappa shape index (κ1) is 15.5. The summed E-state index contributed by atoms with van der Waals surface area (Å²) in [6.45, 7) is 13.5. The molecule has 0 bridgehead atoms. The van der Waals surface area contributed by atoms with E-state index in [1.807, 2.05) is 12.5 Å². The van der Waals surface area contributed by atoms with Gasteiger partial charge in [0.1, 0.15) is 0 Å². The van der Waals surface area contributed by atoms with Crippen LogP contribution in [0, 0.1) is 5.92 Å². The predicted octanol–water partition coefficient (Wildman–Crippen LogP) is 2.67. The molecule has 1 aromatic heterocycles. The third kappa shape index (κ3) is 4.32. The zero-order chi connectivity index (χ0) is 14.5. The Morgan fingerprint density at radius 3 is 2.85 bits per heavy atom. The lowest BCUT2D eigenvalue weighted by Gasteiger charge is -2.33. The Labute approximate surface area is 123 Å². The molecule has 1 aliphatic rings. The van der Waals surface area contributed by atoms with Gasteiger partial charge >= 0.3 is 0 Å². The van der Waals surface area contributed by atoms with Crippen molar-refractivity contribution in [2.45, 2.75) is 59.2 Å². The van der Waals surface area contributed by atoms with Gasteiger partial charge in [-0.25, -0.2) is 4.98 Å². The Hall–Kier alpha value is -0.870. The fourth-order valence-electron chi connectivity index (χ4n) is 3.01. The number of nitrogens with one attached hydrogen (secondary N) is 1. The monoisotopic (exact) mass is 278 g/mol. The minimum atomic E-state index is 0.496. The van der Waals surface area contributed by atoms with E-state index in [1.54, 1.807) is 0 Å². The normalized spacial score (nSPS) is 21.0. The van der Waals surface area contributed by atoms with Crippen LogP contribution in [0.25, 0.3) is 0 Å². The molecular formula is C16H30N4. The topological polar surface area (TPSA) is 33.1 Å². The average molecular weight is 278 g/mol. The van der Waals surface area contributed by atoms with Gasteiger partial charge in [-0.1, -0.05) is 13.8 Å². The van der Waals surface area contributed by atoms with E-state index >= 15 is 0 Å². The standard InChI is InChI=1S/C16H30N4/c1-13(2)18-8-15-6-5-7-19(10-15)11-16-9-17-12-20(16)14(3)4/h9,12-15,18H,5-8,10-11H2,1-4H3. The van der Waals surface area contributed by atoms with E-state index < -0.39 is 0 Å². The third-order valence-electron chi connectivity index (χ3n) is 4.11. The van der Waals surface area contributed by atoms with Gasteiger partial charge in [0, 0.05) is 31.4 Å². The zero-order valence-corrected chi connectivity index (χ0v) is 13.5. The maximum Gasteiger partial charge on any atom is 0.0951 e. The average Bonchev–Trinajstić information content (AvgIpc) is 2.85. The van der Waals surface area contributed by atoms with Crippen molar-refractivity contribution < 1.29 is 0 Å². The number of rotatable bonds is 6. The second kappa shape index (κ2) is 7.23. The Kier molecular flexibility index (Phi) is 5.61. The highest BCUT2D eigenvalue weighted by molar-refractivity contribution is 5.00. The maximum atomic E-state index is 4.31. The summed E-state index contributed by atoms with van der Waals surface area (Å²) in [4.78, 5) is 6.90. The number of nitrogens with zero attached hydrogens (tertiary/aromatic N) is 3. The van der Waals surface area contributed by atoms with Crippen molar-refractivity contribution >= 4 is 0 Å². The SMILES string of the molecule is CC(C)NCC1CCCN(Cc2cncn2C(C)C)C1. The van der Waals surface area contributed by atoms with Gasteiger partial charge in [0.05, 0.1) is 12.0 Å². The summed E-state index contributed by atoms with van der Waals surface area (Å²) >= 11 is 0. The number of piperidine rings is 1. The minimum Gasteiger partial charge on any atom is -0.331 e. The lowest BCUT2D eigenvalue weighted by molar-refractivity contribution is 0.160. The van der Waals surface area contributed by atoms with E-state index in [-0.39, 0.29) is 0 Å². The molecule has 0 saturated carbocycles. The first-order valence-electron chi connectivity index (χ1n) is 8.02. The lowest BCUT2D eigenvalue weighted by atomic mass is 9.97. The third-order valence-corrected chi connectivity index (χ3v) is 4.11. The molecule has 1 atom stereocenters. The van der Waals surface area contributed by atoms with Crippen molar-refractivity contribution in [1.29, 1.82) is 0 Å². The van der Waals surface area contributed by atoms with Gasteiger partial charge in [0.15, 0.2) is 0 Å². The molecule has 2 rings (SSSR count). The number of likely N-dealkylation sites (tertiary alicyclic amines) is 1. The van der Waals surface area contributed by atoms with E-state index in [0.717, 1.165) is 19.0 Å². The summed E-state index contributed by atoms with van der Waals surface area (Å²) < 4.78 is 2.29. The van der Waals surface area contributed by atoms with Crippen molar-refractivity contribution in [2.75, 3.05) is 19.6 Å². The quantitative estimate of drug-likeness (QED) is 0.868. The van der Waals surface area contributed by atoms with Gasteiger partial charge in [-0.3, -0.25) is 4.90 Å². The van der Waals surface area contributed by atoms with Crippen LogP contribution in [0.1, 0.15) is 52.3 Å². The van der Waals surface area contributed by atoms with E-state index in [4.69, 9.17) is 0 Å². The van der Waals surface area contributed by atoms with Crippen molar-refractivity contribution in [3.05, 3.63) is 18.2 Å². The van der Waals surface area contributed by atoms with Gasteiger partial charge in [0.25, 0.3) is 0 Å². The molecule has 0 aromatic carbocycles. The fourth-order valence-corrected chi connectivity index (χ4v) is 3.01. The molecule has 1 saturated heterocycles. The van der Waals surface area contributed by atoms with Crippen LogP contribution in [-0.4, -0.2) is 40.1 Å². The molecule has 1 N–H and O–H groups in total. The molecule has 20 heavy (non-hydrogen) atoms. The highest BCUT2D eigenvalue weighted by Crippen LogP contribution is 2.19. The van der Waals surface area contributed by atoms with Gasteiger partial charge in [-0.15, -0.1) is 0 Å². The van der Waals surface area contributed by atoms with Gasteiger partial charge in [-0.05, 0) is 45.7 Å². The summed E-state index contributed by atoms with van der Waals surface area (Å²) in [6, 6.07) is 1.09. The predicted molar refractivity (Wildman–Crippen MR) is 83.8 cm³/mol. The van der Waals surface area contributed by atoms with Crippen LogP contribution in [0.4, 0.5) is 0 Å². The van der Waals surface area contributed by atoms with Crippen LogP contribution in [0.5, 0.6) is 0 Å². The molecule has 4 nitrogen and oxygen atoms in total. The first-order valence-corrected chi connectivity index (χ1v) is 8.02. The van der Waals surface area contributed by atoms with E-state index in [0.29, 0.717) is 12.1 Å². The molecule has 2 heterocycles. The number of imidazole rings is 1. The van der Waals surface area contributed by atoms with E-state index in [1.165, 1.54) is 31.6 Å². The Morgan fingerprint density at radius 2 is 2.15 bits per heavy atom. The maximum absolute atomic E-state index is 4.31. The molecule has 0 spiro atoms. The van der Waals surface area contributed by atoms with Gasteiger partial charge < -0.3 is 9.88 Å². The largest absolute Gasteiger partial charge is 0.331 e. The van der Waals surface area contributed by atoms with Gasteiger partial charge in [-0.2, -0.15) is 0 Å². The molecule has 1 aromatic rings. The number of aromatic nitrogens is 2. The Morgan fingerprint density at radius 1 is 1.35 bits per heavy atom. The van der Waals surface area contributed by atoms with Crippen LogP contribution in [0.15, 0.2) is 12.5 Å². The second-order valence-electron chi connectivity index (χ2n) is 6.69. The van der Waals surface area contributed by atoms with E-state index in [2.05, 4.69) is 47.5 Å². The van der Waals surface area contributed by atoms with Gasteiger partial charge in [0.2, 0.25) is 0 Å². The Bertz CT molecular complexity index is 397. The van der Waals surface area contributed by atoms with Crippen molar-refractivity contribution in [1.82, 2.24) is 19.8 Å². The summed E-state index contributed by atoms with van der Waals surface area (Å²) in [5.74, 6) is 0.793.